The standard InChI is InChI=1S/C14H12ClF3O3/c1-3-20-13(19)9-6-8-4-7(2)5-10(15)11(8)21-12(9)14(16,17)18/h4-6,12H,3H2,1-2H3/i2D3. The monoisotopic (exact) mass is 323 g/mol. The average Bonchev–Trinajstić information content (AvgIpc) is 2.44. The molecule has 0 amide bonds. The Balaban J connectivity index is 2.61. The normalized spacial score (nSPS) is 20.3. The average molecular weight is 324 g/mol. The zero-order chi connectivity index (χ0) is 18.3. The third kappa shape index (κ3) is 3.15. The van der Waals surface area contributed by atoms with Crippen LogP contribution in [0.1, 0.15) is 22.2 Å². The van der Waals surface area contributed by atoms with Crippen molar-refractivity contribution >= 4 is 23.6 Å². The van der Waals surface area contributed by atoms with E-state index in [2.05, 4.69) is 4.74 Å². The van der Waals surface area contributed by atoms with Gasteiger partial charge < -0.3 is 9.47 Å². The fourth-order valence-electron chi connectivity index (χ4n) is 1.89. The molecule has 1 aromatic carbocycles. The molecule has 114 valence electrons. The Kier molecular flexibility index (Phi) is 3.18. The van der Waals surface area contributed by atoms with Gasteiger partial charge in [-0.05, 0) is 37.5 Å². The lowest BCUT2D eigenvalue weighted by molar-refractivity contribution is -0.187. The first kappa shape index (κ1) is 11.9. The fraction of sp³-hybridized carbons (Fsp3) is 0.357. The van der Waals surface area contributed by atoms with Crippen LogP contribution in [-0.4, -0.2) is 24.9 Å². The van der Waals surface area contributed by atoms with E-state index in [1.807, 2.05) is 0 Å². The lowest BCUT2D eigenvalue weighted by Crippen LogP contribution is -2.40. The molecule has 1 aliphatic heterocycles. The summed E-state index contributed by atoms with van der Waals surface area (Å²) in [5.74, 6) is -1.53. The van der Waals surface area contributed by atoms with Crippen molar-refractivity contribution in [3.05, 3.63) is 33.9 Å². The van der Waals surface area contributed by atoms with Crippen LogP contribution in [0.3, 0.4) is 0 Å². The van der Waals surface area contributed by atoms with E-state index in [0.29, 0.717) is 0 Å². The first-order chi connectivity index (χ1) is 10.9. The van der Waals surface area contributed by atoms with Crippen LogP contribution in [0.15, 0.2) is 17.7 Å². The maximum atomic E-state index is 13.2. The summed E-state index contributed by atoms with van der Waals surface area (Å²) in [4.78, 5) is 11.8. The number of rotatable bonds is 2. The van der Waals surface area contributed by atoms with E-state index in [0.717, 1.165) is 18.2 Å². The minimum atomic E-state index is -4.87. The van der Waals surface area contributed by atoms with Gasteiger partial charge in [0.05, 0.1) is 17.2 Å². The largest absolute Gasteiger partial charge is 0.474 e. The van der Waals surface area contributed by atoms with Crippen LogP contribution >= 0.6 is 11.6 Å². The number of carbonyl (C=O) groups is 1. The van der Waals surface area contributed by atoms with E-state index in [-0.39, 0.29) is 28.5 Å². The van der Waals surface area contributed by atoms with Gasteiger partial charge in [-0.3, -0.25) is 0 Å². The summed E-state index contributed by atoms with van der Waals surface area (Å²) in [6, 6.07) is 2.13. The Morgan fingerprint density at radius 1 is 1.52 bits per heavy atom. The van der Waals surface area contributed by atoms with Gasteiger partial charge in [0.15, 0.2) is 0 Å². The second kappa shape index (κ2) is 5.60. The van der Waals surface area contributed by atoms with Crippen molar-refractivity contribution in [1.82, 2.24) is 0 Å². The number of halogens is 4. The highest BCUT2D eigenvalue weighted by atomic mass is 35.5. The van der Waals surface area contributed by atoms with Crippen molar-refractivity contribution in [2.45, 2.75) is 26.1 Å². The van der Waals surface area contributed by atoms with Crippen molar-refractivity contribution in [2.75, 3.05) is 6.61 Å². The third-order valence-corrected chi connectivity index (χ3v) is 2.99. The minimum Gasteiger partial charge on any atom is -0.474 e. The molecule has 3 nitrogen and oxygen atoms in total. The molecule has 0 aromatic heterocycles. The van der Waals surface area contributed by atoms with Crippen LogP contribution in [0.5, 0.6) is 5.75 Å². The summed E-state index contributed by atoms with van der Waals surface area (Å²) in [6.45, 7) is -1.19. The molecule has 1 atom stereocenters. The van der Waals surface area contributed by atoms with Crippen LogP contribution in [-0.2, 0) is 9.53 Å². The molecule has 1 aromatic rings. The molecule has 0 bridgehead atoms. The summed E-state index contributed by atoms with van der Waals surface area (Å²) < 4.78 is 71.1. The number of hydrogen-bond donors (Lipinski definition) is 0. The Morgan fingerprint density at radius 3 is 2.81 bits per heavy atom. The van der Waals surface area contributed by atoms with Gasteiger partial charge in [0.2, 0.25) is 6.10 Å². The van der Waals surface area contributed by atoms with Crippen LogP contribution in [0.2, 0.25) is 5.02 Å². The molecule has 7 heteroatoms. The van der Waals surface area contributed by atoms with Gasteiger partial charge in [-0.1, -0.05) is 11.6 Å². The highest BCUT2D eigenvalue weighted by Gasteiger charge is 2.49. The number of esters is 1. The number of hydrogen-bond acceptors (Lipinski definition) is 3. The van der Waals surface area contributed by atoms with E-state index < -0.39 is 30.7 Å². The number of alkyl halides is 3. The predicted octanol–water partition coefficient (Wildman–Crippen LogP) is 3.92. The molecular weight excluding hydrogens is 309 g/mol. The molecule has 0 fully saturated rings. The van der Waals surface area contributed by atoms with Crippen LogP contribution in [0.4, 0.5) is 13.2 Å². The number of ether oxygens (including phenoxy) is 2. The maximum absolute atomic E-state index is 13.2. The minimum absolute atomic E-state index is 0.0304. The summed E-state index contributed by atoms with van der Waals surface area (Å²) in [6.07, 6.45) is -6.52. The van der Waals surface area contributed by atoms with Gasteiger partial charge >= 0.3 is 12.1 Å². The summed E-state index contributed by atoms with van der Waals surface area (Å²) in [5, 5.41) is -0.285. The van der Waals surface area contributed by atoms with Crippen LogP contribution in [0.25, 0.3) is 6.08 Å². The molecule has 0 aliphatic carbocycles. The summed E-state index contributed by atoms with van der Waals surface area (Å²) in [5.41, 5.74) is -0.979. The lowest BCUT2D eigenvalue weighted by Gasteiger charge is -2.28. The number of carbonyl (C=O) groups excluding carboxylic acids is 1. The van der Waals surface area contributed by atoms with E-state index in [1.54, 1.807) is 0 Å². The molecule has 0 saturated heterocycles. The number of benzene rings is 1. The second-order valence-electron chi connectivity index (χ2n) is 4.24. The summed E-state index contributed by atoms with van der Waals surface area (Å²) in [7, 11) is 0. The molecule has 2 rings (SSSR count). The third-order valence-electron chi connectivity index (χ3n) is 2.71. The fourth-order valence-corrected chi connectivity index (χ4v) is 2.17. The molecule has 0 saturated carbocycles. The van der Waals surface area contributed by atoms with Gasteiger partial charge in [-0.25, -0.2) is 4.79 Å². The first-order valence-electron chi connectivity index (χ1n) is 7.41. The van der Waals surface area contributed by atoms with E-state index in [9.17, 15) is 18.0 Å². The van der Waals surface area contributed by atoms with Crippen LogP contribution in [0, 0.1) is 6.85 Å². The van der Waals surface area contributed by atoms with Gasteiger partial charge in [-0.2, -0.15) is 13.2 Å². The zero-order valence-electron chi connectivity index (χ0n) is 13.8. The van der Waals surface area contributed by atoms with Crippen molar-refractivity contribution in [1.29, 1.82) is 0 Å². The quantitative estimate of drug-likeness (QED) is 0.774. The highest BCUT2D eigenvalue weighted by Crippen LogP contribution is 2.41. The maximum Gasteiger partial charge on any atom is 0.430 e. The van der Waals surface area contributed by atoms with Crippen molar-refractivity contribution < 1.29 is 31.6 Å². The number of fused-ring (bicyclic) bond motifs is 1. The molecule has 1 unspecified atom stereocenters. The molecular formula is C14H12ClF3O3. The zero-order valence-corrected chi connectivity index (χ0v) is 11.5. The van der Waals surface area contributed by atoms with Crippen molar-refractivity contribution in [3.63, 3.8) is 0 Å². The molecule has 21 heavy (non-hydrogen) atoms. The Labute approximate surface area is 128 Å². The number of aryl methyl sites for hydroxylation is 1. The van der Waals surface area contributed by atoms with Gasteiger partial charge in [0, 0.05) is 9.68 Å². The molecule has 0 N–H and O–H groups in total. The Hall–Kier alpha value is -1.69. The van der Waals surface area contributed by atoms with E-state index in [4.69, 9.17) is 20.5 Å². The van der Waals surface area contributed by atoms with Gasteiger partial charge in [-0.15, -0.1) is 0 Å². The summed E-state index contributed by atoms with van der Waals surface area (Å²) >= 11 is 5.87. The molecule has 0 radical (unpaired) electrons. The Bertz CT molecular complexity index is 699. The van der Waals surface area contributed by atoms with E-state index >= 15 is 0 Å². The van der Waals surface area contributed by atoms with Crippen molar-refractivity contribution in [3.8, 4) is 5.75 Å². The first-order valence-corrected chi connectivity index (χ1v) is 6.29. The molecule has 1 aliphatic rings. The topological polar surface area (TPSA) is 35.5 Å². The Morgan fingerprint density at radius 2 is 2.24 bits per heavy atom. The highest BCUT2D eigenvalue weighted by molar-refractivity contribution is 6.32. The van der Waals surface area contributed by atoms with Crippen LogP contribution < -0.4 is 4.74 Å². The second-order valence-corrected chi connectivity index (χ2v) is 4.64. The van der Waals surface area contributed by atoms with E-state index in [1.165, 1.54) is 6.92 Å². The lowest BCUT2D eigenvalue weighted by atomic mass is 10.00. The predicted molar refractivity (Wildman–Crippen MR) is 71.3 cm³/mol. The molecule has 1 heterocycles. The van der Waals surface area contributed by atoms with Gasteiger partial charge in [0.25, 0.3) is 0 Å². The smallest absolute Gasteiger partial charge is 0.430 e. The van der Waals surface area contributed by atoms with Crippen molar-refractivity contribution in [2.24, 2.45) is 0 Å². The van der Waals surface area contributed by atoms with Gasteiger partial charge in [0.1, 0.15) is 5.75 Å². The SMILES string of the molecule is [2H]C([2H])([2H])c1cc(Cl)c2c(c1)C=C(C(=O)OCC)C(C(F)(F)F)O2. The molecule has 0 spiro atoms.